The minimum absolute atomic E-state index is 0.00324. The lowest BCUT2D eigenvalue weighted by molar-refractivity contribution is -0.132. The van der Waals surface area contributed by atoms with Gasteiger partial charge in [-0.1, -0.05) is 42.0 Å². The molecule has 2 fully saturated rings. The summed E-state index contributed by atoms with van der Waals surface area (Å²) in [6.45, 7) is 0. The van der Waals surface area contributed by atoms with E-state index in [1.54, 1.807) is 7.11 Å². The lowest BCUT2D eigenvalue weighted by atomic mass is 10.1. The van der Waals surface area contributed by atoms with Crippen molar-refractivity contribution in [3.63, 3.8) is 0 Å². The molecule has 31 heavy (non-hydrogen) atoms. The predicted octanol–water partition coefficient (Wildman–Crippen LogP) is 3.34. The van der Waals surface area contributed by atoms with Crippen LogP contribution in [0.2, 0.25) is 0 Å². The van der Waals surface area contributed by atoms with Crippen molar-refractivity contribution >= 4 is 49.7 Å². The second-order valence-corrected chi connectivity index (χ2v) is 12.2. The number of anilines is 2. The van der Waals surface area contributed by atoms with Crippen LogP contribution in [-0.4, -0.2) is 65.9 Å². The van der Waals surface area contributed by atoms with Crippen LogP contribution in [0.25, 0.3) is 0 Å². The quantitative estimate of drug-likeness (QED) is 0.572. The molecule has 11 heteroatoms. The topological polar surface area (TPSA) is 101 Å². The number of hydrogen-bond acceptors (Lipinski definition) is 9. The molecule has 2 aliphatic rings. The molecule has 0 radical (unpaired) electrons. The van der Waals surface area contributed by atoms with Crippen molar-refractivity contribution in [3.8, 4) is 5.75 Å². The van der Waals surface area contributed by atoms with Crippen molar-refractivity contribution in [2.75, 3.05) is 29.7 Å². The molecule has 8 nitrogen and oxygen atoms in total. The number of sulfone groups is 1. The van der Waals surface area contributed by atoms with Crippen LogP contribution in [-0.2, 0) is 14.6 Å². The fraction of sp³-hybridized carbons (Fsp3) is 0.550. The van der Waals surface area contributed by atoms with E-state index in [0.29, 0.717) is 15.9 Å². The molecular formula is C20H26N4O4S3. The summed E-state index contributed by atoms with van der Waals surface area (Å²) in [6, 6.07) is 7.50. The first kappa shape index (κ1) is 22.3. The molecule has 168 valence electrons. The molecule has 1 aliphatic heterocycles. The van der Waals surface area contributed by atoms with Gasteiger partial charge in [-0.15, -0.1) is 10.2 Å². The summed E-state index contributed by atoms with van der Waals surface area (Å²) < 4.78 is 29.9. The van der Waals surface area contributed by atoms with Gasteiger partial charge < -0.3 is 15.0 Å². The van der Waals surface area contributed by atoms with E-state index in [0.717, 1.165) is 37.1 Å². The van der Waals surface area contributed by atoms with Gasteiger partial charge in [0.25, 0.3) is 0 Å². The van der Waals surface area contributed by atoms with Gasteiger partial charge in [-0.25, -0.2) is 8.42 Å². The Hall–Kier alpha value is -1.85. The van der Waals surface area contributed by atoms with Gasteiger partial charge in [-0.3, -0.25) is 4.79 Å². The molecule has 0 spiro atoms. The summed E-state index contributed by atoms with van der Waals surface area (Å²) >= 11 is 2.73. The molecule has 1 aromatic heterocycles. The fourth-order valence-corrected chi connectivity index (χ4v) is 7.58. The molecule has 1 aromatic carbocycles. The van der Waals surface area contributed by atoms with Gasteiger partial charge in [0.05, 0.1) is 24.4 Å². The maximum Gasteiger partial charge on any atom is 0.233 e. The molecule has 1 saturated heterocycles. The maximum absolute atomic E-state index is 13.1. The normalized spacial score (nSPS) is 20.6. The van der Waals surface area contributed by atoms with E-state index in [1.165, 1.54) is 23.1 Å². The van der Waals surface area contributed by atoms with Gasteiger partial charge in [0.2, 0.25) is 11.0 Å². The van der Waals surface area contributed by atoms with Crippen LogP contribution in [0, 0.1) is 0 Å². The standard InChI is InChI=1S/C20H26N4O4S3/c1-28-17-8-4-5-14(11-17)21-19-22-23-20(30-19)29-12-18(25)24(15-6-2-3-7-15)16-9-10-31(26,27)13-16/h4-5,8,11,15-16H,2-3,6-7,9-10,12-13H2,1H3,(H,21,22)/t16-/m0/s1. The molecule has 1 amide bonds. The Morgan fingerprint density at radius 1 is 1.26 bits per heavy atom. The van der Waals surface area contributed by atoms with Gasteiger partial charge in [0, 0.05) is 23.8 Å². The zero-order valence-corrected chi connectivity index (χ0v) is 19.8. The van der Waals surface area contributed by atoms with Crippen molar-refractivity contribution in [1.29, 1.82) is 0 Å². The number of nitrogens with zero attached hydrogens (tertiary/aromatic N) is 3. The Labute approximate surface area is 190 Å². The van der Waals surface area contributed by atoms with Gasteiger partial charge in [0.1, 0.15) is 5.75 Å². The van der Waals surface area contributed by atoms with E-state index in [1.807, 2.05) is 29.2 Å². The zero-order chi connectivity index (χ0) is 21.8. The third-order valence-corrected chi connectivity index (χ3v) is 9.36. The Bertz CT molecular complexity index is 1020. The highest BCUT2D eigenvalue weighted by molar-refractivity contribution is 8.01. The highest BCUT2D eigenvalue weighted by Gasteiger charge is 2.38. The SMILES string of the molecule is COc1cccc(Nc2nnc(SCC(=O)N(C3CCCC3)[C@H]3CCS(=O)(=O)C3)s2)c1. The van der Waals surface area contributed by atoms with Gasteiger partial charge >= 0.3 is 0 Å². The predicted molar refractivity (Wildman–Crippen MR) is 123 cm³/mol. The summed E-state index contributed by atoms with van der Waals surface area (Å²) in [5.74, 6) is 1.25. The van der Waals surface area contributed by atoms with E-state index in [2.05, 4.69) is 15.5 Å². The van der Waals surface area contributed by atoms with Crippen LogP contribution in [0.15, 0.2) is 28.6 Å². The van der Waals surface area contributed by atoms with Crippen molar-refractivity contribution in [2.24, 2.45) is 0 Å². The maximum atomic E-state index is 13.1. The lowest BCUT2D eigenvalue weighted by Crippen LogP contribution is -2.47. The summed E-state index contributed by atoms with van der Waals surface area (Å²) in [4.78, 5) is 15.0. The third-order valence-electron chi connectivity index (χ3n) is 5.65. The largest absolute Gasteiger partial charge is 0.497 e. The number of aromatic nitrogens is 2. The number of carbonyl (C=O) groups is 1. The van der Waals surface area contributed by atoms with Crippen molar-refractivity contribution in [2.45, 2.75) is 48.5 Å². The molecule has 2 heterocycles. The van der Waals surface area contributed by atoms with E-state index in [9.17, 15) is 13.2 Å². The van der Waals surface area contributed by atoms with Crippen molar-refractivity contribution in [1.82, 2.24) is 15.1 Å². The molecule has 1 saturated carbocycles. The molecular weight excluding hydrogens is 456 g/mol. The van der Waals surface area contributed by atoms with Gasteiger partial charge in [-0.05, 0) is 31.4 Å². The van der Waals surface area contributed by atoms with Gasteiger partial charge in [-0.2, -0.15) is 0 Å². The minimum Gasteiger partial charge on any atom is -0.497 e. The number of rotatable bonds is 8. The summed E-state index contributed by atoms with van der Waals surface area (Å²) in [6.07, 6.45) is 4.65. The number of amides is 1. The minimum atomic E-state index is -3.04. The Kier molecular flexibility index (Phi) is 7.02. The third kappa shape index (κ3) is 5.69. The number of benzene rings is 1. The molecule has 0 unspecified atom stereocenters. The van der Waals surface area contributed by atoms with Crippen LogP contribution < -0.4 is 10.1 Å². The van der Waals surface area contributed by atoms with Crippen LogP contribution in [0.1, 0.15) is 32.1 Å². The monoisotopic (exact) mass is 482 g/mol. The van der Waals surface area contributed by atoms with Crippen LogP contribution in [0.3, 0.4) is 0 Å². The number of ether oxygens (including phenoxy) is 1. The summed E-state index contributed by atoms with van der Waals surface area (Å²) in [5.41, 5.74) is 0.845. The fourth-order valence-electron chi connectivity index (χ4n) is 4.22. The average Bonchev–Trinajstić information content (AvgIpc) is 3.49. The average molecular weight is 483 g/mol. The zero-order valence-electron chi connectivity index (χ0n) is 17.3. The van der Waals surface area contributed by atoms with E-state index in [-0.39, 0.29) is 35.2 Å². The number of nitrogens with one attached hydrogen (secondary N) is 1. The highest BCUT2D eigenvalue weighted by atomic mass is 32.2. The molecule has 1 atom stereocenters. The Balaban J connectivity index is 1.37. The van der Waals surface area contributed by atoms with Crippen molar-refractivity contribution < 1.29 is 17.9 Å². The second-order valence-electron chi connectivity index (χ2n) is 7.81. The molecule has 0 bridgehead atoms. The number of methoxy groups -OCH3 is 1. The summed E-state index contributed by atoms with van der Waals surface area (Å²) in [5, 5.41) is 12.2. The second kappa shape index (κ2) is 9.74. The van der Waals surface area contributed by atoms with Crippen molar-refractivity contribution in [3.05, 3.63) is 24.3 Å². The number of hydrogen-bond donors (Lipinski definition) is 1. The summed E-state index contributed by atoms with van der Waals surface area (Å²) in [7, 11) is -1.42. The lowest BCUT2D eigenvalue weighted by Gasteiger charge is -2.34. The molecule has 4 rings (SSSR count). The molecule has 1 aliphatic carbocycles. The van der Waals surface area contributed by atoms with Crippen LogP contribution in [0.4, 0.5) is 10.8 Å². The van der Waals surface area contributed by atoms with Crippen LogP contribution >= 0.6 is 23.1 Å². The first-order chi connectivity index (χ1) is 14.9. The number of thioether (sulfide) groups is 1. The van der Waals surface area contributed by atoms with E-state index < -0.39 is 9.84 Å². The van der Waals surface area contributed by atoms with Gasteiger partial charge in [0.15, 0.2) is 14.2 Å². The van der Waals surface area contributed by atoms with E-state index >= 15 is 0 Å². The first-order valence-electron chi connectivity index (χ1n) is 10.3. The molecule has 2 aromatic rings. The van der Waals surface area contributed by atoms with Crippen LogP contribution in [0.5, 0.6) is 5.75 Å². The van der Waals surface area contributed by atoms with E-state index in [4.69, 9.17) is 4.74 Å². The first-order valence-corrected chi connectivity index (χ1v) is 13.9. The number of carbonyl (C=O) groups excluding carboxylic acids is 1. The molecule has 1 N–H and O–H groups in total. The Morgan fingerprint density at radius 3 is 2.77 bits per heavy atom. The highest BCUT2D eigenvalue weighted by Crippen LogP contribution is 2.32. The smallest absolute Gasteiger partial charge is 0.233 e. The Morgan fingerprint density at radius 2 is 2.06 bits per heavy atom.